The summed E-state index contributed by atoms with van der Waals surface area (Å²) in [6, 6.07) is 17.4. The van der Waals surface area contributed by atoms with Crippen molar-refractivity contribution >= 4 is 21.8 Å². The molecule has 1 aliphatic carbocycles. The van der Waals surface area contributed by atoms with Crippen molar-refractivity contribution in [3.05, 3.63) is 48.5 Å². The second-order valence-corrected chi connectivity index (χ2v) is 5.83. The molecule has 2 nitrogen and oxygen atoms in total. The van der Waals surface area contributed by atoms with Gasteiger partial charge in [-0.3, -0.25) is 0 Å². The van der Waals surface area contributed by atoms with E-state index in [9.17, 15) is 0 Å². The van der Waals surface area contributed by atoms with Crippen LogP contribution in [0.1, 0.15) is 12.8 Å². The van der Waals surface area contributed by atoms with Gasteiger partial charge in [-0.1, -0.05) is 36.4 Å². The Hall–Kier alpha value is -1.80. The van der Waals surface area contributed by atoms with Gasteiger partial charge in [-0.05, 0) is 37.4 Å². The molecule has 4 rings (SSSR count). The Morgan fingerprint density at radius 2 is 1.50 bits per heavy atom. The molecule has 2 aromatic carbocycles. The molecule has 1 fully saturated rings. The lowest BCUT2D eigenvalue weighted by Gasteiger charge is -2.08. The highest BCUT2D eigenvalue weighted by atomic mass is 15.0. The average Bonchev–Trinajstić information content (AvgIpc) is 3.27. The normalized spacial score (nSPS) is 15.2. The monoisotopic (exact) mass is 264 g/mol. The van der Waals surface area contributed by atoms with E-state index in [-0.39, 0.29) is 0 Å². The van der Waals surface area contributed by atoms with Crippen LogP contribution >= 0.6 is 0 Å². The maximum Gasteiger partial charge on any atom is 0.0491 e. The summed E-state index contributed by atoms with van der Waals surface area (Å²) in [5, 5.41) is 6.33. The van der Waals surface area contributed by atoms with Gasteiger partial charge in [0.25, 0.3) is 0 Å². The lowest BCUT2D eigenvalue weighted by atomic mass is 10.2. The number of benzene rings is 2. The van der Waals surface area contributed by atoms with Crippen molar-refractivity contribution in [3.8, 4) is 0 Å². The van der Waals surface area contributed by atoms with Crippen LogP contribution in [0, 0.1) is 5.92 Å². The first-order valence-corrected chi connectivity index (χ1v) is 7.60. The fourth-order valence-electron chi connectivity index (χ4n) is 3.06. The van der Waals surface area contributed by atoms with Gasteiger partial charge in [0.2, 0.25) is 0 Å². The summed E-state index contributed by atoms with van der Waals surface area (Å²) in [4.78, 5) is 0. The Bertz CT molecular complexity index is 684. The number of hydrogen-bond donors (Lipinski definition) is 1. The third-order valence-corrected chi connectivity index (χ3v) is 4.32. The molecule has 102 valence electrons. The van der Waals surface area contributed by atoms with Crippen molar-refractivity contribution in [2.24, 2.45) is 5.92 Å². The fourth-order valence-corrected chi connectivity index (χ4v) is 3.06. The molecule has 1 N–H and O–H groups in total. The molecule has 0 unspecified atom stereocenters. The minimum atomic E-state index is 0.952. The maximum atomic E-state index is 3.59. The van der Waals surface area contributed by atoms with Crippen LogP contribution in [-0.2, 0) is 6.54 Å². The second-order valence-electron chi connectivity index (χ2n) is 5.83. The zero-order valence-corrected chi connectivity index (χ0v) is 11.7. The van der Waals surface area contributed by atoms with Gasteiger partial charge in [0.05, 0.1) is 0 Å². The zero-order chi connectivity index (χ0) is 13.4. The van der Waals surface area contributed by atoms with E-state index < -0.39 is 0 Å². The summed E-state index contributed by atoms with van der Waals surface area (Å²) >= 11 is 0. The molecular formula is C18H20N2. The summed E-state index contributed by atoms with van der Waals surface area (Å²) in [5.74, 6) is 0.952. The van der Waals surface area contributed by atoms with Crippen LogP contribution in [0.25, 0.3) is 21.8 Å². The smallest absolute Gasteiger partial charge is 0.0491 e. The lowest BCUT2D eigenvalue weighted by molar-refractivity contribution is 0.591. The van der Waals surface area contributed by atoms with Crippen molar-refractivity contribution in [2.75, 3.05) is 13.1 Å². The van der Waals surface area contributed by atoms with Gasteiger partial charge in [0.1, 0.15) is 0 Å². The predicted octanol–water partition coefficient (Wildman–Crippen LogP) is 3.79. The summed E-state index contributed by atoms with van der Waals surface area (Å²) in [5.41, 5.74) is 2.70. The lowest BCUT2D eigenvalue weighted by Crippen LogP contribution is -2.22. The summed E-state index contributed by atoms with van der Waals surface area (Å²) in [7, 11) is 0. The molecular weight excluding hydrogens is 244 g/mol. The van der Waals surface area contributed by atoms with Gasteiger partial charge in [-0.25, -0.2) is 0 Å². The molecule has 1 saturated carbocycles. The van der Waals surface area contributed by atoms with Crippen molar-refractivity contribution in [3.63, 3.8) is 0 Å². The Labute approximate surface area is 119 Å². The molecule has 3 aromatic rings. The zero-order valence-electron chi connectivity index (χ0n) is 11.7. The third kappa shape index (κ3) is 2.10. The minimum absolute atomic E-state index is 0.952. The predicted molar refractivity (Wildman–Crippen MR) is 85.0 cm³/mol. The topological polar surface area (TPSA) is 17.0 Å². The number of hydrogen-bond acceptors (Lipinski definition) is 1. The third-order valence-electron chi connectivity index (χ3n) is 4.32. The van der Waals surface area contributed by atoms with Gasteiger partial charge < -0.3 is 9.88 Å². The summed E-state index contributed by atoms with van der Waals surface area (Å²) in [6.07, 6.45) is 2.84. The number of fused-ring (bicyclic) bond motifs is 3. The quantitative estimate of drug-likeness (QED) is 0.694. The number of aromatic nitrogens is 1. The first-order valence-electron chi connectivity index (χ1n) is 7.60. The molecule has 0 bridgehead atoms. The highest BCUT2D eigenvalue weighted by Crippen LogP contribution is 2.29. The first kappa shape index (κ1) is 12.0. The number of rotatable bonds is 5. The Balaban J connectivity index is 1.67. The SMILES string of the molecule is c1ccc2c(c1)c1ccccc1n2CCNCC1CC1. The van der Waals surface area contributed by atoms with Gasteiger partial charge in [0.15, 0.2) is 0 Å². The standard InChI is InChI=1S/C18H20N2/c1-3-7-17-15(5-1)16-6-2-4-8-18(16)20(17)12-11-19-13-14-9-10-14/h1-8,14,19H,9-13H2. The minimum Gasteiger partial charge on any atom is -0.339 e. The molecule has 0 saturated heterocycles. The van der Waals surface area contributed by atoms with Crippen molar-refractivity contribution in [2.45, 2.75) is 19.4 Å². The Kier molecular flexibility index (Phi) is 2.96. The molecule has 1 aliphatic rings. The molecule has 0 atom stereocenters. The number of para-hydroxylation sites is 2. The largest absolute Gasteiger partial charge is 0.339 e. The summed E-state index contributed by atoms with van der Waals surface area (Å²) < 4.78 is 2.45. The van der Waals surface area contributed by atoms with E-state index in [0.29, 0.717) is 0 Å². The van der Waals surface area contributed by atoms with E-state index in [1.165, 1.54) is 41.2 Å². The average molecular weight is 264 g/mol. The number of nitrogens with one attached hydrogen (secondary N) is 1. The van der Waals surface area contributed by atoms with Gasteiger partial charge in [0, 0.05) is 34.9 Å². The highest BCUT2D eigenvalue weighted by molar-refractivity contribution is 6.07. The molecule has 20 heavy (non-hydrogen) atoms. The molecule has 2 heteroatoms. The fraction of sp³-hybridized carbons (Fsp3) is 0.333. The van der Waals surface area contributed by atoms with Crippen LogP contribution in [0.2, 0.25) is 0 Å². The van der Waals surface area contributed by atoms with Crippen molar-refractivity contribution in [1.29, 1.82) is 0 Å². The highest BCUT2D eigenvalue weighted by Gasteiger charge is 2.20. The van der Waals surface area contributed by atoms with Gasteiger partial charge >= 0.3 is 0 Å². The van der Waals surface area contributed by atoms with Crippen LogP contribution < -0.4 is 5.32 Å². The molecule has 0 radical (unpaired) electrons. The van der Waals surface area contributed by atoms with Crippen molar-refractivity contribution < 1.29 is 0 Å². The first-order chi connectivity index (χ1) is 9.93. The van der Waals surface area contributed by atoms with E-state index in [4.69, 9.17) is 0 Å². The van der Waals surface area contributed by atoms with Crippen LogP contribution in [0.4, 0.5) is 0 Å². The Morgan fingerprint density at radius 1 is 0.900 bits per heavy atom. The van der Waals surface area contributed by atoms with E-state index >= 15 is 0 Å². The molecule has 0 amide bonds. The van der Waals surface area contributed by atoms with Gasteiger partial charge in [-0.2, -0.15) is 0 Å². The molecule has 0 aliphatic heterocycles. The molecule has 1 heterocycles. The van der Waals surface area contributed by atoms with E-state index in [1.807, 2.05) is 0 Å². The van der Waals surface area contributed by atoms with E-state index in [2.05, 4.69) is 58.4 Å². The van der Waals surface area contributed by atoms with Crippen molar-refractivity contribution in [1.82, 2.24) is 9.88 Å². The van der Waals surface area contributed by atoms with Gasteiger partial charge in [-0.15, -0.1) is 0 Å². The summed E-state index contributed by atoms with van der Waals surface area (Å²) in [6.45, 7) is 3.29. The molecule has 0 spiro atoms. The second kappa shape index (κ2) is 4.95. The van der Waals surface area contributed by atoms with E-state index in [1.54, 1.807) is 0 Å². The van der Waals surface area contributed by atoms with E-state index in [0.717, 1.165) is 19.0 Å². The molecule has 1 aromatic heterocycles. The number of nitrogens with zero attached hydrogens (tertiary/aromatic N) is 1. The Morgan fingerprint density at radius 3 is 2.10 bits per heavy atom. The van der Waals surface area contributed by atoms with Crippen LogP contribution in [-0.4, -0.2) is 17.7 Å². The van der Waals surface area contributed by atoms with Crippen LogP contribution in [0.5, 0.6) is 0 Å². The van der Waals surface area contributed by atoms with Crippen LogP contribution in [0.15, 0.2) is 48.5 Å². The van der Waals surface area contributed by atoms with Crippen LogP contribution in [0.3, 0.4) is 0 Å². The maximum absolute atomic E-state index is 3.59.